The quantitative estimate of drug-likeness (QED) is 0.427. The third-order valence-electron chi connectivity index (χ3n) is 8.01. The summed E-state index contributed by atoms with van der Waals surface area (Å²) >= 11 is 0. The van der Waals surface area contributed by atoms with Gasteiger partial charge in [0.1, 0.15) is 11.4 Å². The lowest BCUT2D eigenvalue weighted by Gasteiger charge is -2.47. The summed E-state index contributed by atoms with van der Waals surface area (Å²) in [5.41, 5.74) is -0.304. The van der Waals surface area contributed by atoms with Gasteiger partial charge >= 0.3 is 5.69 Å². The van der Waals surface area contributed by atoms with Crippen LogP contribution in [-0.4, -0.2) is 78.6 Å². The number of ether oxygens (including phenoxy) is 2. The Balaban J connectivity index is 1.25. The van der Waals surface area contributed by atoms with Crippen molar-refractivity contribution in [3.8, 4) is 11.4 Å². The first-order valence-corrected chi connectivity index (χ1v) is 13.5. The minimum Gasteiger partial charge on any atom is -0.491 e. The van der Waals surface area contributed by atoms with E-state index in [0.29, 0.717) is 25.9 Å². The molecule has 3 fully saturated rings. The number of rotatable bonds is 8. The first kappa shape index (κ1) is 26.6. The molecule has 2 N–H and O–H groups in total. The Labute approximate surface area is 229 Å². The first-order chi connectivity index (χ1) is 19.2. The van der Waals surface area contributed by atoms with Crippen LogP contribution in [0.5, 0.6) is 5.75 Å². The molecule has 14 heteroatoms. The third-order valence-corrected chi connectivity index (χ3v) is 8.01. The molecule has 0 saturated carbocycles. The molecule has 2 atom stereocenters. The number of hydrogen-bond donors (Lipinski definition) is 2. The smallest absolute Gasteiger partial charge is 0.383 e. The second-order valence-corrected chi connectivity index (χ2v) is 11.4. The summed E-state index contributed by atoms with van der Waals surface area (Å²) in [6, 6.07) is 3.13. The van der Waals surface area contributed by atoms with E-state index in [1.54, 1.807) is 0 Å². The van der Waals surface area contributed by atoms with Gasteiger partial charge in [0, 0.05) is 36.7 Å². The number of hydrogen-bond acceptors (Lipinski definition) is 10. The van der Waals surface area contributed by atoms with Gasteiger partial charge in [-0.25, -0.2) is 23.2 Å². The Kier molecular flexibility index (Phi) is 6.90. The summed E-state index contributed by atoms with van der Waals surface area (Å²) in [5.74, 6) is -0.783. The zero-order valence-electron chi connectivity index (χ0n) is 22.7. The van der Waals surface area contributed by atoms with Crippen LogP contribution < -0.4 is 21.1 Å². The number of anilines is 3. The Morgan fingerprint density at radius 3 is 2.77 bits per heavy atom. The number of nitrogens with zero attached hydrogens (tertiary/aromatic N) is 7. The van der Waals surface area contributed by atoms with Gasteiger partial charge in [0.25, 0.3) is 0 Å². The summed E-state index contributed by atoms with van der Waals surface area (Å²) in [6.45, 7) is 6.98. The normalized spacial score (nSPS) is 22.5. The van der Waals surface area contributed by atoms with E-state index in [-0.39, 0.29) is 46.4 Å². The number of halogens is 2. The molecular formula is C26H33F2N9O3. The average molecular weight is 558 g/mol. The van der Waals surface area contributed by atoms with E-state index in [0.717, 1.165) is 32.0 Å². The van der Waals surface area contributed by atoms with E-state index in [1.807, 2.05) is 0 Å². The highest BCUT2D eigenvalue weighted by Gasteiger charge is 2.43. The molecular weight excluding hydrogens is 524 g/mol. The van der Waals surface area contributed by atoms with Gasteiger partial charge in [-0.05, 0) is 57.4 Å². The van der Waals surface area contributed by atoms with Crippen LogP contribution >= 0.6 is 0 Å². The van der Waals surface area contributed by atoms with E-state index in [4.69, 9.17) is 9.47 Å². The molecule has 3 saturated heterocycles. The molecule has 1 aromatic carbocycles. The van der Waals surface area contributed by atoms with Crippen LogP contribution in [0.15, 0.2) is 23.1 Å². The highest BCUT2D eigenvalue weighted by molar-refractivity contribution is 5.63. The van der Waals surface area contributed by atoms with Crippen LogP contribution in [0, 0.1) is 17.6 Å². The zero-order chi connectivity index (χ0) is 28.0. The minimum absolute atomic E-state index is 0.00185. The predicted molar refractivity (Wildman–Crippen MR) is 142 cm³/mol. The first-order valence-electron chi connectivity index (χ1n) is 13.5. The van der Waals surface area contributed by atoms with E-state index in [1.165, 1.54) is 35.1 Å². The Morgan fingerprint density at radius 2 is 2.05 bits per heavy atom. The molecule has 0 bridgehead atoms. The highest BCUT2D eigenvalue weighted by atomic mass is 19.1. The van der Waals surface area contributed by atoms with E-state index in [9.17, 15) is 9.18 Å². The highest BCUT2D eigenvalue weighted by Crippen LogP contribution is 2.39. The van der Waals surface area contributed by atoms with Gasteiger partial charge in [-0.2, -0.15) is 4.98 Å². The van der Waals surface area contributed by atoms with Crippen LogP contribution in [-0.2, 0) is 11.8 Å². The predicted octanol–water partition coefficient (Wildman–Crippen LogP) is 2.62. The fourth-order valence-corrected chi connectivity index (χ4v) is 5.96. The molecule has 0 spiro atoms. The molecule has 214 valence electrons. The van der Waals surface area contributed by atoms with Gasteiger partial charge in [-0.1, -0.05) is 5.10 Å². The van der Waals surface area contributed by atoms with Crippen molar-refractivity contribution in [2.75, 3.05) is 37.0 Å². The van der Waals surface area contributed by atoms with Crippen LogP contribution in [0.4, 0.5) is 26.2 Å². The maximum atomic E-state index is 15.3. The largest absolute Gasteiger partial charge is 0.491 e. The van der Waals surface area contributed by atoms with Crippen LogP contribution in [0.3, 0.4) is 0 Å². The topological polar surface area (TPSA) is 124 Å². The van der Waals surface area contributed by atoms with Crippen molar-refractivity contribution >= 4 is 17.5 Å². The number of aromatic nitrogens is 6. The summed E-state index contributed by atoms with van der Waals surface area (Å²) < 4.78 is 42.3. The third kappa shape index (κ3) is 5.12. The monoisotopic (exact) mass is 557 g/mol. The average Bonchev–Trinajstić information content (AvgIpc) is 3.49. The van der Waals surface area contributed by atoms with Crippen LogP contribution in [0.2, 0.25) is 0 Å². The summed E-state index contributed by atoms with van der Waals surface area (Å²) in [4.78, 5) is 24.1. The Bertz CT molecular complexity index is 1460. The second kappa shape index (κ2) is 10.4. The molecule has 40 heavy (non-hydrogen) atoms. The molecule has 2 aromatic heterocycles. The summed E-state index contributed by atoms with van der Waals surface area (Å²) in [7, 11) is 1.49. The summed E-state index contributed by atoms with van der Waals surface area (Å²) in [6.07, 6.45) is 5.11. The number of fused-ring (bicyclic) bond motifs is 1. The van der Waals surface area contributed by atoms with Gasteiger partial charge in [0.15, 0.2) is 17.5 Å². The van der Waals surface area contributed by atoms with Crippen molar-refractivity contribution in [3.05, 3.63) is 40.4 Å². The van der Waals surface area contributed by atoms with Crippen molar-refractivity contribution in [1.82, 2.24) is 34.7 Å². The molecule has 3 aliphatic rings. The molecule has 0 unspecified atom stereocenters. The molecule has 0 radical (unpaired) electrons. The molecule has 3 aliphatic heterocycles. The van der Waals surface area contributed by atoms with E-state index >= 15 is 4.39 Å². The van der Waals surface area contributed by atoms with Gasteiger partial charge < -0.3 is 20.1 Å². The number of benzene rings is 1. The van der Waals surface area contributed by atoms with Gasteiger partial charge in [-0.3, -0.25) is 4.90 Å². The molecule has 6 rings (SSSR count). The van der Waals surface area contributed by atoms with Crippen molar-refractivity contribution in [1.29, 1.82) is 0 Å². The second-order valence-electron chi connectivity index (χ2n) is 11.4. The van der Waals surface area contributed by atoms with Crippen molar-refractivity contribution < 1.29 is 18.3 Å². The van der Waals surface area contributed by atoms with Crippen molar-refractivity contribution in [3.63, 3.8) is 0 Å². The minimum atomic E-state index is -0.647. The fraction of sp³-hybridized carbons (Fsp3) is 0.577. The molecule has 12 nitrogen and oxygen atoms in total. The molecule has 0 amide bonds. The number of nitrogens with one attached hydrogen (secondary N) is 2. The van der Waals surface area contributed by atoms with E-state index < -0.39 is 17.3 Å². The van der Waals surface area contributed by atoms with E-state index in [2.05, 4.69) is 49.7 Å². The standard InChI is InChI=1S/C26H33F2N9O3/c1-26(2)10-16(7-17-5-4-6-36(17)26)30-23-19(28)11-29-24(32-23)31-20-9-21(37-34-33-25(38)35(37)3)22(8-18(20)27)40-14-15-12-39-13-15/h8-9,11,15-17H,4-7,10,12-14H2,1-3H3,(H2,29,30,31,32)/t16-,17+/m1/s1. The van der Waals surface area contributed by atoms with Crippen LogP contribution in [0.25, 0.3) is 5.69 Å². The molecule has 5 heterocycles. The fourth-order valence-electron chi connectivity index (χ4n) is 5.96. The number of piperidine rings is 1. The van der Waals surface area contributed by atoms with Crippen molar-refractivity contribution in [2.45, 2.75) is 57.2 Å². The Morgan fingerprint density at radius 1 is 1.23 bits per heavy atom. The Hall–Kier alpha value is -3.65. The summed E-state index contributed by atoms with van der Waals surface area (Å²) in [5, 5.41) is 13.6. The zero-order valence-corrected chi connectivity index (χ0v) is 22.7. The lowest BCUT2D eigenvalue weighted by molar-refractivity contribution is -0.0509. The SMILES string of the molecule is Cn1c(=O)nnn1-c1cc(Nc2ncc(F)c(N[C@@H]3C[C@@H]4CCCN4C(C)(C)C3)n2)c(F)cc1OCC1COC1. The maximum Gasteiger partial charge on any atom is 0.383 e. The lowest BCUT2D eigenvalue weighted by atomic mass is 9.84. The maximum absolute atomic E-state index is 15.3. The molecule has 3 aromatic rings. The molecule has 0 aliphatic carbocycles. The van der Waals surface area contributed by atoms with Crippen LogP contribution in [0.1, 0.15) is 39.5 Å². The van der Waals surface area contributed by atoms with Gasteiger partial charge in [0.05, 0.1) is 31.7 Å². The van der Waals surface area contributed by atoms with Gasteiger partial charge in [-0.15, -0.1) is 4.80 Å². The van der Waals surface area contributed by atoms with Gasteiger partial charge in [0.2, 0.25) is 5.95 Å². The van der Waals surface area contributed by atoms with Crippen molar-refractivity contribution in [2.24, 2.45) is 13.0 Å². The lowest BCUT2D eigenvalue weighted by Crippen LogP contribution is -2.55. The number of tetrazole rings is 1.